The molecule has 0 amide bonds. The van der Waals surface area contributed by atoms with Gasteiger partial charge in [0.05, 0.1) is 11.0 Å². The van der Waals surface area contributed by atoms with Crippen LogP contribution < -0.4 is 0 Å². The van der Waals surface area contributed by atoms with Gasteiger partial charge in [0.2, 0.25) is 10.0 Å². The van der Waals surface area contributed by atoms with Crippen molar-refractivity contribution in [3.8, 4) is 0 Å². The molecule has 1 aromatic carbocycles. The summed E-state index contributed by atoms with van der Waals surface area (Å²) in [5.74, 6) is -0.274. The van der Waals surface area contributed by atoms with Crippen LogP contribution in [-0.2, 0) is 10.0 Å². The predicted molar refractivity (Wildman–Crippen MR) is 79.0 cm³/mol. The normalized spacial score (nSPS) is 19.7. The van der Waals surface area contributed by atoms with E-state index < -0.39 is 21.9 Å². The quantitative estimate of drug-likeness (QED) is 0.930. The highest BCUT2D eigenvalue weighted by Crippen LogP contribution is 2.29. The van der Waals surface area contributed by atoms with Gasteiger partial charge in [-0.15, -0.1) is 0 Å². The largest absolute Gasteiger partial charge is 0.393 e. The SMILES string of the molecule is Cc1cc(F)cc(C)c1S(=O)(=O)N1CCC(C(C)O)CC1. The van der Waals surface area contributed by atoms with Gasteiger partial charge in [-0.3, -0.25) is 0 Å². The molecule has 2 rings (SSSR count). The highest BCUT2D eigenvalue weighted by molar-refractivity contribution is 7.89. The van der Waals surface area contributed by atoms with Crippen LogP contribution in [0.5, 0.6) is 0 Å². The molecular formula is C15H22FNO3S. The summed E-state index contributed by atoms with van der Waals surface area (Å²) in [6, 6.07) is 2.50. The van der Waals surface area contributed by atoms with Gasteiger partial charge in [0.25, 0.3) is 0 Å². The van der Waals surface area contributed by atoms with E-state index in [-0.39, 0.29) is 10.8 Å². The van der Waals surface area contributed by atoms with Gasteiger partial charge in [-0.05, 0) is 62.8 Å². The van der Waals surface area contributed by atoms with Gasteiger partial charge < -0.3 is 5.11 Å². The number of sulfonamides is 1. The van der Waals surface area contributed by atoms with Crippen LogP contribution in [0.3, 0.4) is 0 Å². The second-order valence-electron chi connectivity index (χ2n) is 5.85. The van der Waals surface area contributed by atoms with Crippen molar-refractivity contribution in [3.05, 3.63) is 29.1 Å². The number of aliphatic hydroxyl groups is 1. The molecule has 1 unspecified atom stereocenters. The molecular weight excluding hydrogens is 293 g/mol. The maximum absolute atomic E-state index is 13.3. The lowest BCUT2D eigenvalue weighted by molar-refractivity contribution is 0.0912. The molecule has 1 aromatic rings. The second kappa shape index (κ2) is 6.02. The number of rotatable bonds is 3. The summed E-state index contributed by atoms with van der Waals surface area (Å²) < 4.78 is 40.3. The molecule has 1 fully saturated rings. The lowest BCUT2D eigenvalue weighted by Gasteiger charge is -2.33. The summed E-state index contributed by atoms with van der Waals surface area (Å²) in [4.78, 5) is 0.208. The fourth-order valence-electron chi connectivity index (χ4n) is 3.03. The predicted octanol–water partition coefficient (Wildman–Crippen LogP) is 2.22. The lowest BCUT2D eigenvalue weighted by atomic mass is 9.93. The number of benzene rings is 1. The summed E-state index contributed by atoms with van der Waals surface area (Å²) in [5.41, 5.74) is 0.871. The molecule has 0 radical (unpaired) electrons. The Bertz CT molecular complexity index is 597. The maximum Gasteiger partial charge on any atom is 0.243 e. The van der Waals surface area contributed by atoms with Crippen molar-refractivity contribution < 1.29 is 17.9 Å². The van der Waals surface area contributed by atoms with Gasteiger partial charge >= 0.3 is 0 Å². The Labute approximate surface area is 125 Å². The molecule has 0 aliphatic carbocycles. The molecule has 118 valence electrons. The smallest absolute Gasteiger partial charge is 0.243 e. The molecule has 0 spiro atoms. The molecule has 1 aliphatic rings. The van der Waals surface area contributed by atoms with Crippen molar-refractivity contribution in [1.29, 1.82) is 0 Å². The van der Waals surface area contributed by atoms with Crippen LogP contribution in [0.1, 0.15) is 30.9 Å². The van der Waals surface area contributed by atoms with Gasteiger partial charge in [-0.25, -0.2) is 12.8 Å². The average molecular weight is 315 g/mol. The van der Waals surface area contributed by atoms with E-state index in [9.17, 15) is 17.9 Å². The standard InChI is InChI=1S/C15H22FNO3S/c1-10-8-14(16)9-11(2)15(10)21(19,20)17-6-4-13(5-7-17)12(3)18/h8-9,12-13,18H,4-7H2,1-3H3. The van der Waals surface area contributed by atoms with E-state index in [4.69, 9.17) is 0 Å². The molecule has 0 aromatic heterocycles. The molecule has 1 aliphatic heterocycles. The van der Waals surface area contributed by atoms with Crippen LogP contribution in [0.15, 0.2) is 17.0 Å². The van der Waals surface area contributed by atoms with Gasteiger partial charge in [0.15, 0.2) is 0 Å². The lowest BCUT2D eigenvalue weighted by Crippen LogP contribution is -2.41. The summed E-state index contributed by atoms with van der Waals surface area (Å²) in [6.07, 6.45) is 0.885. The monoisotopic (exact) mass is 315 g/mol. The third kappa shape index (κ3) is 3.27. The molecule has 1 atom stereocenters. The summed E-state index contributed by atoms with van der Waals surface area (Å²) in [6.45, 7) is 5.77. The van der Waals surface area contributed by atoms with Crippen molar-refractivity contribution >= 4 is 10.0 Å². The van der Waals surface area contributed by atoms with E-state index in [2.05, 4.69) is 0 Å². The van der Waals surface area contributed by atoms with Crippen molar-refractivity contribution in [2.24, 2.45) is 5.92 Å². The first-order valence-electron chi connectivity index (χ1n) is 7.18. The Morgan fingerprint density at radius 2 is 1.71 bits per heavy atom. The minimum atomic E-state index is -3.60. The zero-order chi connectivity index (χ0) is 15.8. The maximum atomic E-state index is 13.3. The Kier molecular flexibility index (Phi) is 4.70. The fourth-order valence-corrected chi connectivity index (χ4v) is 4.91. The summed E-state index contributed by atoms with van der Waals surface area (Å²) in [5, 5.41) is 9.59. The van der Waals surface area contributed by atoms with Crippen LogP contribution in [0.25, 0.3) is 0 Å². The van der Waals surface area contributed by atoms with Gasteiger partial charge in [-0.1, -0.05) is 0 Å². The molecule has 1 saturated heterocycles. The molecule has 0 bridgehead atoms. The number of hydrogen-bond donors (Lipinski definition) is 1. The molecule has 1 N–H and O–H groups in total. The Morgan fingerprint density at radius 1 is 1.24 bits per heavy atom. The summed E-state index contributed by atoms with van der Waals surface area (Å²) in [7, 11) is -3.60. The fraction of sp³-hybridized carbons (Fsp3) is 0.600. The molecule has 1 heterocycles. The molecule has 21 heavy (non-hydrogen) atoms. The van der Waals surface area contributed by atoms with Crippen LogP contribution in [0.4, 0.5) is 4.39 Å². The third-order valence-electron chi connectivity index (χ3n) is 4.20. The van der Waals surface area contributed by atoms with Gasteiger partial charge in [0.1, 0.15) is 5.82 Å². The number of aryl methyl sites for hydroxylation is 2. The minimum Gasteiger partial charge on any atom is -0.393 e. The van der Waals surface area contributed by atoms with Crippen LogP contribution in [0.2, 0.25) is 0 Å². The summed E-state index contributed by atoms with van der Waals surface area (Å²) >= 11 is 0. The number of halogens is 1. The van der Waals surface area contributed by atoms with Crippen molar-refractivity contribution in [2.75, 3.05) is 13.1 Å². The van der Waals surface area contributed by atoms with Crippen LogP contribution >= 0.6 is 0 Å². The zero-order valence-electron chi connectivity index (χ0n) is 12.6. The average Bonchev–Trinajstić information content (AvgIpc) is 2.37. The topological polar surface area (TPSA) is 57.6 Å². The Balaban J connectivity index is 2.28. The van der Waals surface area contributed by atoms with Crippen molar-refractivity contribution in [3.63, 3.8) is 0 Å². The van der Waals surface area contributed by atoms with Crippen molar-refractivity contribution in [2.45, 2.75) is 44.6 Å². The third-order valence-corrected chi connectivity index (χ3v) is 6.41. The number of aliphatic hydroxyl groups excluding tert-OH is 1. The molecule has 4 nitrogen and oxygen atoms in total. The van der Waals surface area contributed by atoms with E-state index in [1.54, 1.807) is 20.8 Å². The van der Waals surface area contributed by atoms with E-state index in [0.717, 1.165) is 0 Å². The first-order valence-corrected chi connectivity index (χ1v) is 8.62. The van der Waals surface area contributed by atoms with E-state index in [0.29, 0.717) is 37.1 Å². The number of nitrogens with zero attached hydrogens (tertiary/aromatic N) is 1. The first kappa shape index (κ1) is 16.4. The van der Waals surface area contributed by atoms with E-state index >= 15 is 0 Å². The highest BCUT2D eigenvalue weighted by Gasteiger charge is 2.32. The number of hydrogen-bond acceptors (Lipinski definition) is 3. The van der Waals surface area contributed by atoms with Gasteiger partial charge in [-0.2, -0.15) is 4.31 Å². The zero-order valence-corrected chi connectivity index (χ0v) is 13.5. The Morgan fingerprint density at radius 3 is 2.14 bits per heavy atom. The van der Waals surface area contributed by atoms with Crippen LogP contribution in [0, 0.1) is 25.6 Å². The van der Waals surface area contributed by atoms with Crippen LogP contribution in [-0.4, -0.2) is 37.0 Å². The van der Waals surface area contributed by atoms with Gasteiger partial charge in [0, 0.05) is 13.1 Å². The van der Waals surface area contributed by atoms with E-state index in [1.165, 1.54) is 16.4 Å². The van der Waals surface area contributed by atoms with E-state index in [1.807, 2.05) is 0 Å². The number of piperidine rings is 1. The minimum absolute atomic E-state index is 0.145. The molecule has 0 saturated carbocycles. The van der Waals surface area contributed by atoms with Crippen molar-refractivity contribution in [1.82, 2.24) is 4.31 Å². The highest BCUT2D eigenvalue weighted by atomic mass is 32.2. The molecule has 6 heteroatoms. The first-order chi connectivity index (χ1) is 9.73. The second-order valence-corrected chi connectivity index (χ2v) is 7.73. The Hall–Kier alpha value is -0.980.